The van der Waals surface area contributed by atoms with Crippen LogP contribution in [0, 0.1) is 0 Å². The quantitative estimate of drug-likeness (QED) is 0.438. The fourth-order valence-electron chi connectivity index (χ4n) is 0.469. The molecule has 0 aliphatic carbocycles. The third-order valence-corrected chi connectivity index (χ3v) is 0.840. The van der Waals surface area contributed by atoms with Crippen LogP contribution >= 0.6 is 0 Å². The fraction of sp³-hybridized carbons (Fsp3) is 0.857. The minimum Gasteiger partial charge on any atom is -0.463 e. The van der Waals surface area contributed by atoms with Crippen LogP contribution < -0.4 is 0 Å². The van der Waals surface area contributed by atoms with Crippen LogP contribution in [0.5, 0.6) is 0 Å². The van der Waals surface area contributed by atoms with Gasteiger partial charge >= 0.3 is 5.97 Å². The molecule has 0 aliphatic heterocycles. The van der Waals surface area contributed by atoms with Crippen LogP contribution in [-0.4, -0.2) is 25.3 Å². The Morgan fingerprint density at radius 2 is 2.00 bits per heavy atom. The van der Waals surface area contributed by atoms with Crippen molar-refractivity contribution in [1.29, 1.82) is 0 Å². The molecule has 0 fully saturated rings. The highest BCUT2D eigenvalue weighted by molar-refractivity contribution is 5.65. The zero-order valence-corrected chi connectivity index (χ0v) is 6.72. The maximum absolute atomic E-state index is 10.2. The molecule has 0 aliphatic rings. The summed E-state index contributed by atoms with van der Waals surface area (Å²) in [6, 6.07) is 0. The SMILES string of the molecule is CC(=O)OCCOC(C)C. The van der Waals surface area contributed by atoms with Crippen molar-refractivity contribution in [2.45, 2.75) is 26.9 Å². The first-order valence-corrected chi connectivity index (χ1v) is 3.38. The molecule has 3 heteroatoms. The lowest BCUT2D eigenvalue weighted by atomic mass is 10.5. The number of rotatable bonds is 4. The molecule has 0 amide bonds. The summed E-state index contributed by atoms with van der Waals surface area (Å²) in [5.41, 5.74) is 0. The molecule has 0 spiro atoms. The van der Waals surface area contributed by atoms with Gasteiger partial charge in [-0.3, -0.25) is 4.79 Å². The summed E-state index contributed by atoms with van der Waals surface area (Å²) >= 11 is 0. The van der Waals surface area contributed by atoms with Crippen LogP contribution in [0.25, 0.3) is 0 Å². The van der Waals surface area contributed by atoms with Crippen molar-refractivity contribution in [3.63, 3.8) is 0 Å². The minimum atomic E-state index is -0.257. The van der Waals surface area contributed by atoms with Crippen molar-refractivity contribution in [3.05, 3.63) is 0 Å². The van der Waals surface area contributed by atoms with Gasteiger partial charge in [0.2, 0.25) is 0 Å². The first-order chi connectivity index (χ1) is 4.63. The highest BCUT2D eigenvalue weighted by Crippen LogP contribution is 1.86. The fourth-order valence-corrected chi connectivity index (χ4v) is 0.469. The molecule has 0 bridgehead atoms. The van der Waals surface area contributed by atoms with Gasteiger partial charge in [0.15, 0.2) is 0 Å². The average molecular weight is 146 g/mol. The third kappa shape index (κ3) is 7.43. The Labute approximate surface area is 61.3 Å². The van der Waals surface area contributed by atoms with Gasteiger partial charge in [-0.25, -0.2) is 0 Å². The second kappa shape index (κ2) is 5.23. The predicted octanol–water partition coefficient (Wildman–Crippen LogP) is 0.974. The normalized spacial score (nSPS) is 10.0. The molecule has 3 nitrogen and oxygen atoms in total. The van der Waals surface area contributed by atoms with E-state index in [0.29, 0.717) is 13.2 Å². The van der Waals surface area contributed by atoms with Crippen LogP contribution in [0.2, 0.25) is 0 Å². The summed E-state index contributed by atoms with van der Waals surface area (Å²) in [6.45, 7) is 6.10. The largest absolute Gasteiger partial charge is 0.463 e. The average Bonchev–Trinajstić information content (AvgIpc) is 1.79. The molecule has 60 valence electrons. The number of hydrogen-bond acceptors (Lipinski definition) is 3. The van der Waals surface area contributed by atoms with Gasteiger partial charge in [-0.1, -0.05) is 0 Å². The van der Waals surface area contributed by atoms with Crippen molar-refractivity contribution in [3.8, 4) is 0 Å². The number of carbonyl (C=O) groups is 1. The van der Waals surface area contributed by atoms with Crippen molar-refractivity contribution in [1.82, 2.24) is 0 Å². The van der Waals surface area contributed by atoms with Gasteiger partial charge < -0.3 is 9.47 Å². The van der Waals surface area contributed by atoms with Gasteiger partial charge in [-0.2, -0.15) is 0 Å². The first kappa shape index (κ1) is 9.43. The first-order valence-electron chi connectivity index (χ1n) is 3.38. The Balaban J connectivity index is 2.98. The molecule has 0 radical (unpaired) electrons. The van der Waals surface area contributed by atoms with Crippen molar-refractivity contribution in [2.24, 2.45) is 0 Å². The van der Waals surface area contributed by atoms with Crippen LogP contribution in [-0.2, 0) is 14.3 Å². The maximum Gasteiger partial charge on any atom is 0.302 e. The molecule has 0 unspecified atom stereocenters. The van der Waals surface area contributed by atoms with E-state index in [1.54, 1.807) is 0 Å². The summed E-state index contributed by atoms with van der Waals surface area (Å²) in [4.78, 5) is 10.2. The number of ether oxygens (including phenoxy) is 2. The number of hydrogen-bond donors (Lipinski definition) is 0. The van der Waals surface area contributed by atoms with Crippen LogP contribution in [0.1, 0.15) is 20.8 Å². The third-order valence-electron chi connectivity index (χ3n) is 0.840. The van der Waals surface area contributed by atoms with E-state index in [0.717, 1.165) is 0 Å². The molecule has 0 saturated carbocycles. The predicted molar refractivity (Wildman–Crippen MR) is 37.7 cm³/mol. The Morgan fingerprint density at radius 3 is 2.40 bits per heavy atom. The summed E-state index contributed by atoms with van der Waals surface area (Å²) in [5, 5.41) is 0. The van der Waals surface area contributed by atoms with E-state index < -0.39 is 0 Å². The maximum atomic E-state index is 10.2. The van der Waals surface area contributed by atoms with E-state index in [2.05, 4.69) is 4.74 Å². The van der Waals surface area contributed by atoms with E-state index in [4.69, 9.17) is 4.74 Å². The smallest absolute Gasteiger partial charge is 0.302 e. The number of carbonyl (C=O) groups excluding carboxylic acids is 1. The van der Waals surface area contributed by atoms with Crippen molar-refractivity contribution >= 4 is 5.97 Å². The van der Waals surface area contributed by atoms with Gasteiger partial charge in [0, 0.05) is 6.92 Å². The molecule has 0 atom stereocenters. The van der Waals surface area contributed by atoms with E-state index in [9.17, 15) is 4.79 Å². The van der Waals surface area contributed by atoms with Gasteiger partial charge in [0.1, 0.15) is 6.61 Å². The lowest BCUT2D eigenvalue weighted by Crippen LogP contribution is -2.11. The molecular formula is C7H14O3. The molecule has 0 aromatic heterocycles. The summed E-state index contributed by atoms with van der Waals surface area (Å²) in [5.74, 6) is -0.257. The Hall–Kier alpha value is -0.570. The van der Waals surface area contributed by atoms with Gasteiger partial charge in [-0.05, 0) is 13.8 Å². The van der Waals surface area contributed by atoms with E-state index in [-0.39, 0.29) is 12.1 Å². The molecule has 0 aromatic carbocycles. The van der Waals surface area contributed by atoms with E-state index in [1.165, 1.54) is 6.92 Å². The molecule has 10 heavy (non-hydrogen) atoms. The molecule has 0 aromatic rings. The van der Waals surface area contributed by atoms with Crippen LogP contribution in [0.3, 0.4) is 0 Å². The highest BCUT2D eigenvalue weighted by atomic mass is 16.6. The second-order valence-corrected chi connectivity index (χ2v) is 2.26. The lowest BCUT2D eigenvalue weighted by molar-refractivity contribution is -0.142. The van der Waals surface area contributed by atoms with Gasteiger partial charge in [0.05, 0.1) is 12.7 Å². The second-order valence-electron chi connectivity index (χ2n) is 2.26. The topological polar surface area (TPSA) is 35.5 Å². The molecule has 0 rings (SSSR count). The zero-order valence-electron chi connectivity index (χ0n) is 6.72. The highest BCUT2D eigenvalue weighted by Gasteiger charge is 1.94. The van der Waals surface area contributed by atoms with E-state index in [1.807, 2.05) is 13.8 Å². The van der Waals surface area contributed by atoms with E-state index >= 15 is 0 Å². The van der Waals surface area contributed by atoms with Crippen molar-refractivity contribution in [2.75, 3.05) is 13.2 Å². The molecule has 0 N–H and O–H groups in total. The Kier molecular flexibility index (Phi) is 4.94. The summed E-state index contributed by atoms with van der Waals surface area (Å²) < 4.78 is 9.74. The summed E-state index contributed by atoms with van der Waals surface area (Å²) in [6.07, 6.45) is 0.204. The standard InChI is InChI=1S/C7H14O3/c1-6(2)9-4-5-10-7(3)8/h6H,4-5H2,1-3H3. The monoisotopic (exact) mass is 146 g/mol. The lowest BCUT2D eigenvalue weighted by Gasteiger charge is -2.06. The summed E-state index contributed by atoms with van der Waals surface area (Å²) in [7, 11) is 0. The van der Waals surface area contributed by atoms with Gasteiger partial charge in [-0.15, -0.1) is 0 Å². The minimum absolute atomic E-state index is 0.204. The van der Waals surface area contributed by atoms with Crippen LogP contribution in [0.4, 0.5) is 0 Å². The molecular weight excluding hydrogens is 132 g/mol. The number of esters is 1. The Bertz CT molecular complexity index is 99.0. The van der Waals surface area contributed by atoms with Crippen LogP contribution in [0.15, 0.2) is 0 Å². The Morgan fingerprint density at radius 1 is 1.40 bits per heavy atom. The molecule has 0 saturated heterocycles. The molecule has 0 heterocycles. The van der Waals surface area contributed by atoms with Crippen molar-refractivity contribution < 1.29 is 14.3 Å². The zero-order chi connectivity index (χ0) is 7.98. The van der Waals surface area contributed by atoms with Gasteiger partial charge in [0.25, 0.3) is 0 Å².